The molecule has 19 heteroatoms. The van der Waals surface area contributed by atoms with Crippen LogP contribution in [0, 0.1) is 5.92 Å². The van der Waals surface area contributed by atoms with Crippen molar-refractivity contribution < 1.29 is 19.1 Å². The molecule has 0 radical (unpaired) electrons. The maximum Gasteiger partial charge on any atom is 0.281 e. The molecule has 1 aliphatic heterocycles. The van der Waals surface area contributed by atoms with Crippen molar-refractivity contribution in [2.45, 2.75) is 55.6 Å². The molecular formula is C45H47N15O4. The molecule has 4 aromatic heterocycles. The van der Waals surface area contributed by atoms with E-state index in [9.17, 15) is 14.4 Å². The van der Waals surface area contributed by atoms with Gasteiger partial charge in [-0.05, 0) is 47.9 Å². The zero-order chi connectivity index (χ0) is 44.6. The summed E-state index contributed by atoms with van der Waals surface area (Å²) < 4.78 is 9.40. The van der Waals surface area contributed by atoms with Crippen LogP contribution < -0.4 is 22.9 Å². The number of nitrogen functional groups attached to an aromatic ring is 2. The van der Waals surface area contributed by atoms with Crippen molar-refractivity contribution in [3.8, 4) is 22.3 Å². The summed E-state index contributed by atoms with van der Waals surface area (Å²) in [4.78, 5) is 66.7. The SMILES string of the molecule is Cn1cc(C(=O)N=C(N)C2(c3ccc(-c4cnc(N)nc4)cc3)CC2CO[C@@H]2CCN(C(=O)Cn3cc(C(=O)N=C(N)C4(c5ccc(-c6cnc(N)nc6)cc5)CCC4)cn3)C2)cn1. The molecule has 0 bridgehead atoms. The number of carbonyl (C=O) groups excluding carboxylic acids is 3. The van der Waals surface area contributed by atoms with Crippen LogP contribution in [0.3, 0.4) is 0 Å². The second-order valence-corrected chi connectivity index (χ2v) is 16.6. The van der Waals surface area contributed by atoms with Crippen molar-refractivity contribution in [1.29, 1.82) is 0 Å². The summed E-state index contributed by atoms with van der Waals surface area (Å²) in [7, 11) is 1.73. The van der Waals surface area contributed by atoms with Crippen molar-refractivity contribution in [1.82, 2.24) is 44.4 Å². The van der Waals surface area contributed by atoms with Crippen LogP contribution in [0.15, 0.2) is 108 Å². The number of benzene rings is 2. The van der Waals surface area contributed by atoms with Crippen molar-refractivity contribution in [3.63, 3.8) is 0 Å². The summed E-state index contributed by atoms with van der Waals surface area (Å²) >= 11 is 0. The first-order valence-electron chi connectivity index (χ1n) is 21.0. The minimum atomic E-state index is -0.731. The smallest absolute Gasteiger partial charge is 0.281 e. The molecule has 1 saturated heterocycles. The molecule has 3 amide bonds. The highest BCUT2D eigenvalue weighted by Crippen LogP contribution is 2.55. The van der Waals surface area contributed by atoms with Gasteiger partial charge in [0.25, 0.3) is 11.8 Å². The molecule has 5 heterocycles. The van der Waals surface area contributed by atoms with Gasteiger partial charge in [0.05, 0.1) is 47.1 Å². The lowest BCUT2D eigenvalue weighted by Gasteiger charge is -2.41. The topological polar surface area (TPSA) is 280 Å². The van der Waals surface area contributed by atoms with Crippen LogP contribution in [-0.4, -0.2) is 99.6 Å². The monoisotopic (exact) mass is 861 g/mol. The number of likely N-dealkylation sites (tertiary alicyclic amines) is 1. The number of ether oxygens (including phenoxy) is 1. The highest BCUT2D eigenvalue weighted by molar-refractivity contribution is 6.07. The number of aryl methyl sites for hydroxylation is 1. The van der Waals surface area contributed by atoms with Crippen molar-refractivity contribution >= 4 is 41.3 Å². The summed E-state index contributed by atoms with van der Waals surface area (Å²) in [6.07, 6.45) is 16.2. The summed E-state index contributed by atoms with van der Waals surface area (Å²) in [5.41, 5.74) is 29.2. The predicted molar refractivity (Wildman–Crippen MR) is 237 cm³/mol. The van der Waals surface area contributed by atoms with Gasteiger partial charge < -0.3 is 32.6 Å². The zero-order valence-electron chi connectivity index (χ0n) is 35.1. The Morgan fingerprint density at radius 1 is 0.734 bits per heavy atom. The molecule has 19 nitrogen and oxygen atoms in total. The van der Waals surface area contributed by atoms with Crippen LogP contribution in [0.25, 0.3) is 22.3 Å². The van der Waals surface area contributed by atoms with Gasteiger partial charge >= 0.3 is 0 Å². The molecule has 64 heavy (non-hydrogen) atoms. The first-order valence-corrected chi connectivity index (χ1v) is 21.0. The van der Waals surface area contributed by atoms with Gasteiger partial charge in [0.1, 0.15) is 18.2 Å². The maximum atomic E-state index is 13.5. The highest BCUT2D eigenvalue weighted by atomic mass is 16.5. The van der Waals surface area contributed by atoms with Crippen LogP contribution in [0.4, 0.5) is 11.9 Å². The van der Waals surface area contributed by atoms with Crippen LogP contribution in [0.2, 0.25) is 0 Å². The number of amidine groups is 2. The fourth-order valence-electron chi connectivity index (χ4n) is 8.71. The Labute approximate surface area is 367 Å². The van der Waals surface area contributed by atoms with E-state index in [4.69, 9.17) is 27.7 Å². The van der Waals surface area contributed by atoms with E-state index in [0.717, 1.165) is 52.6 Å². The van der Waals surface area contributed by atoms with Crippen LogP contribution in [0.1, 0.15) is 63.9 Å². The minimum Gasteiger partial charge on any atom is -0.386 e. The summed E-state index contributed by atoms with van der Waals surface area (Å²) in [5, 5.41) is 8.39. The third-order valence-electron chi connectivity index (χ3n) is 12.7. The second kappa shape index (κ2) is 16.9. The van der Waals surface area contributed by atoms with E-state index in [0.29, 0.717) is 38.1 Å². The largest absolute Gasteiger partial charge is 0.386 e. The first-order chi connectivity index (χ1) is 30.9. The number of amides is 3. The Bertz CT molecular complexity index is 2760. The number of carbonyl (C=O) groups is 3. The molecule has 6 aromatic rings. The standard InChI is InChI=1S/C45H47N15O4/c1-58-22-31(20-54-58)38(62)57-41(47)45(34-9-5-28(6-10-34)30-18-52-43(49)53-19-30)15-35(45)26-64-36-11-14-59(24-36)37(61)25-60-23-32(21-55-60)39(63)56-40(46)44(12-2-13-44)33-7-3-27(4-8-33)29-16-50-42(48)51-17-29/h3-10,16-23,35-36H,2,11-15,24-26H2,1H3,(H2,46,56,63)(H2,47,57,62)(H2,48,50,51)(H2,49,52,53)/t35?,36-,45?/m1/s1. The Balaban J connectivity index is 0.811. The van der Waals surface area contributed by atoms with Crippen molar-refractivity contribution in [2.75, 3.05) is 31.2 Å². The molecule has 2 unspecified atom stereocenters. The highest BCUT2D eigenvalue weighted by Gasteiger charge is 2.59. The minimum absolute atomic E-state index is 0.0588. The first kappa shape index (κ1) is 41.7. The number of aliphatic imine (C=N–C) groups is 2. The molecule has 9 rings (SSSR count). The van der Waals surface area contributed by atoms with E-state index in [-0.39, 0.29) is 53.6 Å². The van der Waals surface area contributed by atoms with E-state index in [1.807, 2.05) is 48.5 Å². The predicted octanol–water partition coefficient (Wildman–Crippen LogP) is 3.09. The van der Waals surface area contributed by atoms with E-state index >= 15 is 0 Å². The number of anilines is 2. The van der Waals surface area contributed by atoms with Gasteiger partial charge in [0, 0.05) is 74.4 Å². The Morgan fingerprint density at radius 3 is 1.86 bits per heavy atom. The molecule has 2 aliphatic carbocycles. The van der Waals surface area contributed by atoms with Crippen molar-refractivity contribution in [3.05, 3.63) is 120 Å². The van der Waals surface area contributed by atoms with E-state index < -0.39 is 22.6 Å². The van der Waals surface area contributed by atoms with Crippen molar-refractivity contribution in [2.24, 2.45) is 34.4 Å². The molecular weight excluding hydrogens is 815 g/mol. The fourth-order valence-corrected chi connectivity index (χ4v) is 8.71. The molecule has 326 valence electrons. The third-order valence-corrected chi connectivity index (χ3v) is 12.7. The number of nitrogens with zero attached hydrogens (tertiary/aromatic N) is 11. The lowest BCUT2D eigenvalue weighted by atomic mass is 9.63. The van der Waals surface area contributed by atoms with Gasteiger partial charge in [-0.15, -0.1) is 0 Å². The van der Waals surface area contributed by atoms with Crippen LogP contribution in [0.5, 0.6) is 0 Å². The van der Waals surface area contributed by atoms with Gasteiger partial charge in [0.2, 0.25) is 17.8 Å². The molecule has 8 N–H and O–H groups in total. The fraction of sp³-hybridized carbons (Fsp3) is 0.311. The Hall–Kier alpha value is -7.67. The lowest BCUT2D eigenvalue weighted by molar-refractivity contribution is -0.131. The molecule has 2 saturated carbocycles. The van der Waals surface area contributed by atoms with Gasteiger partial charge in [-0.3, -0.25) is 23.7 Å². The lowest BCUT2D eigenvalue weighted by Crippen LogP contribution is -2.47. The van der Waals surface area contributed by atoms with Gasteiger partial charge in [-0.1, -0.05) is 55.0 Å². The van der Waals surface area contributed by atoms with Gasteiger partial charge in [-0.25, -0.2) is 19.9 Å². The van der Waals surface area contributed by atoms with Gasteiger partial charge in [-0.2, -0.15) is 20.2 Å². The number of rotatable bonds is 13. The second-order valence-electron chi connectivity index (χ2n) is 16.6. The Morgan fingerprint density at radius 2 is 1.30 bits per heavy atom. The van der Waals surface area contributed by atoms with Crippen LogP contribution in [-0.2, 0) is 34.0 Å². The number of hydrogen-bond donors (Lipinski definition) is 4. The zero-order valence-corrected chi connectivity index (χ0v) is 35.1. The van der Waals surface area contributed by atoms with Gasteiger partial charge in [0.15, 0.2) is 0 Å². The van der Waals surface area contributed by atoms with E-state index in [2.05, 4.69) is 40.1 Å². The molecule has 3 atom stereocenters. The average molecular weight is 862 g/mol. The van der Waals surface area contributed by atoms with E-state index in [1.165, 1.54) is 28.0 Å². The summed E-state index contributed by atoms with van der Waals surface area (Å²) in [6.45, 7) is 1.18. The average Bonchev–Trinajstić information content (AvgIpc) is 3.65. The molecule has 2 aromatic carbocycles. The quantitative estimate of drug-likeness (QED) is 0.0960. The molecule has 3 fully saturated rings. The molecule has 3 aliphatic rings. The normalized spacial score (nSPS) is 20.5. The summed E-state index contributed by atoms with van der Waals surface area (Å²) in [5.74, 6) is -0.379. The number of nitrogens with two attached hydrogens (primary N) is 4. The summed E-state index contributed by atoms with van der Waals surface area (Å²) in [6, 6.07) is 15.8. The third kappa shape index (κ3) is 8.19. The maximum absolute atomic E-state index is 13.5. The Kier molecular flexibility index (Phi) is 11.0. The number of hydrogen-bond acceptors (Lipinski definition) is 12. The van der Waals surface area contributed by atoms with Crippen LogP contribution >= 0.6 is 0 Å². The number of aromatic nitrogens is 8. The molecule has 0 spiro atoms. The van der Waals surface area contributed by atoms with E-state index in [1.54, 1.807) is 42.9 Å².